The quantitative estimate of drug-likeness (QED) is 0.833. The lowest BCUT2D eigenvalue weighted by Crippen LogP contribution is -2.25. The molecule has 3 fully saturated rings. The lowest BCUT2D eigenvalue weighted by Gasteiger charge is -2.21. The summed E-state index contributed by atoms with van der Waals surface area (Å²) in [4.78, 5) is 0. The van der Waals surface area contributed by atoms with Gasteiger partial charge < -0.3 is 15.1 Å². The van der Waals surface area contributed by atoms with Crippen molar-refractivity contribution >= 4 is 6.01 Å². The maximum absolute atomic E-state index is 5.64. The lowest BCUT2D eigenvalue weighted by atomic mass is 9.96. The number of nitrogens with zero attached hydrogens (tertiary/aromatic N) is 2. The first kappa shape index (κ1) is 10.8. The molecule has 98 valence electrons. The van der Waals surface area contributed by atoms with Gasteiger partial charge in [-0.05, 0) is 43.9 Å². The Bertz CT molecular complexity index is 428. The molecule has 3 unspecified atom stereocenters. The first-order chi connectivity index (χ1) is 8.87. The normalized spacial score (nSPS) is 34.1. The van der Waals surface area contributed by atoms with E-state index in [9.17, 15) is 0 Å². The van der Waals surface area contributed by atoms with Crippen molar-refractivity contribution < 1.29 is 4.42 Å². The van der Waals surface area contributed by atoms with Gasteiger partial charge in [-0.2, -0.15) is 0 Å². The number of nitrogens with one attached hydrogen (secondary N) is 2. The van der Waals surface area contributed by atoms with Gasteiger partial charge in [0.25, 0.3) is 0 Å². The third-order valence-electron chi connectivity index (χ3n) is 4.63. The van der Waals surface area contributed by atoms with E-state index in [1.54, 1.807) is 0 Å². The Morgan fingerprint density at radius 1 is 1.11 bits per heavy atom. The van der Waals surface area contributed by atoms with Crippen LogP contribution < -0.4 is 10.6 Å². The van der Waals surface area contributed by atoms with Crippen LogP contribution in [0.3, 0.4) is 0 Å². The van der Waals surface area contributed by atoms with E-state index >= 15 is 0 Å². The van der Waals surface area contributed by atoms with Crippen LogP contribution in [0.15, 0.2) is 4.42 Å². The average molecular weight is 248 g/mol. The van der Waals surface area contributed by atoms with Crippen molar-refractivity contribution in [3.8, 4) is 0 Å². The summed E-state index contributed by atoms with van der Waals surface area (Å²) in [5, 5.41) is 15.0. The summed E-state index contributed by atoms with van der Waals surface area (Å²) in [6, 6.07) is 1.85. The SMILES string of the molecule is C(NC1CC1)c1nnc(NC2CC3CCC2C3)o1. The van der Waals surface area contributed by atoms with Crippen molar-refractivity contribution in [2.45, 2.75) is 57.2 Å². The van der Waals surface area contributed by atoms with Gasteiger partial charge >= 0.3 is 6.01 Å². The molecule has 3 aliphatic carbocycles. The topological polar surface area (TPSA) is 63.0 Å². The van der Waals surface area contributed by atoms with Crippen LogP contribution in [0.1, 0.15) is 44.4 Å². The molecule has 0 spiro atoms. The standard InChI is InChI=1S/C13H20N4O/c1-2-9-5-8(1)6-11(9)15-13-17-16-12(18-13)7-14-10-3-4-10/h8-11,14H,1-7H2,(H,15,17). The van der Waals surface area contributed by atoms with Gasteiger partial charge in [-0.25, -0.2) is 0 Å². The fourth-order valence-corrected chi connectivity index (χ4v) is 3.48. The van der Waals surface area contributed by atoms with E-state index in [0.717, 1.165) is 11.8 Å². The Balaban J connectivity index is 1.33. The summed E-state index contributed by atoms with van der Waals surface area (Å²) < 4.78 is 5.64. The molecule has 1 aromatic rings. The van der Waals surface area contributed by atoms with Crippen LogP contribution in [-0.2, 0) is 6.54 Å². The van der Waals surface area contributed by atoms with Crippen molar-refractivity contribution in [2.24, 2.45) is 11.8 Å². The van der Waals surface area contributed by atoms with Crippen LogP contribution in [-0.4, -0.2) is 22.3 Å². The first-order valence-corrected chi connectivity index (χ1v) is 7.19. The molecule has 5 heteroatoms. The van der Waals surface area contributed by atoms with Crippen molar-refractivity contribution in [1.29, 1.82) is 0 Å². The van der Waals surface area contributed by atoms with Gasteiger partial charge in [0.1, 0.15) is 0 Å². The van der Waals surface area contributed by atoms with E-state index in [-0.39, 0.29) is 0 Å². The number of rotatable bonds is 5. The smallest absolute Gasteiger partial charge is 0.315 e. The summed E-state index contributed by atoms with van der Waals surface area (Å²) in [7, 11) is 0. The van der Waals surface area contributed by atoms with Gasteiger partial charge in [-0.15, -0.1) is 5.10 Å². The molecule has 0 radical (unpaired) electrons. The number of aromatic nitrogens is 2. The van der Waals surface area contributed by atoms with Crippen LogP contribution in [0.25, 0.3) is 0 Å². The predicted molar refractivity (Wildman–Crippen MR) is 67.0 cm³/mol. The van der Waals surface area contributed by atoms with Crippen molar-refractivity contribution in [3.63, 3.8) is 0 Å². The van der Waals surface area contributed by atoms with Gasteiger partial charge in [-0.3, -0.25) is 0 Å². The number of anilines is 1. The summed E-state index contributed by atoms with van der Waals surface area (Å²) in [6.07, 6.45) is 8.02. The number of hydrogen-bond donors (Lipinski definition) is 2. The van der Waals surface area contributed by atoms with Crippen LogP contribution in [0, 0.1) is 11.8 Å². The molecule has 2 N–H and O–H groups in total. The molecule has 0 amide bonds. The number of hydrogen-bond acceptors (Lipinski definition) is 5. The van der Waals surface area contributed by atoms with Gasteiger partial charge in [0.15, 0.2) is 0 Å². The second-order valence-electron chi connectivity index (χ2n) is 6.08. The Kier molecular flexibility index (Phi) is 2.53. The molecular weight excluding hydrogens is 228 g/mol. The molecular formula is C13H20N4O. The third-order valence-corrected chi connectivity index (χ3v) is 4.63. The summed E-state index contributed by atoms with van der Waals surface area (Å²) >= 11 is 0. The number of fused-ring (bicyclic) bond motifs is 2. The van der Waals surface area contributed by atoms with Gasteiger partial charge in [0.2, 0.25) is 5.89 Å². The van der Waals surface area contributed by atoms with E-state index in [1.807, 2.05) is 0 Å². The van der Waals surface area contributed by atoms with Gasteiger partial charge in [0.05, 0.1) is 6.54 Å². The highest BCUT2D eigenvalue weighted by atomic mass is 16.4. The zero-order chi connectivity index (χ0) is 11.9. The Morgan fingerprint density at radius 3 is 2.78 bits per heavy atom. The van der Waals surface area contributed by atoms with E-state index < -0.39 is 0 Å². The molecule has 0 aliphatic heterocycles. The zero-order valence-electron chi connectivity index (χ0n) is 10.6. The van der Waals surface area contributed by atoms with Crippen LogP contribution in [0.2, 0.25) is 0 Å². The van der Waals surface area contributed by atoms with Gasteiger partial charge in [-0.1, -0.05) is 11.5 Å². The molecule has 3 atom stereocenters. The summed E-state index contributed by atoms with van der Waals surface area (Å²) in [5.74, 6) is 2.47. The monoisotopic (exact) mass is 248 g/mol. The molecule has 0 saturated heterocycles. The van der Waals surface area contributed by atoms with E-state index in [1.165, 1.54) is 38.5 Å². The Morgan fingerprint density at radius 2 is 2.06 bits per heavy atom. The minimum Gasteiger partial charge on any atom is -0.407 e. The molecule has 0 aromatic carbocycles. The van der Waals surface area contributed by atoms with Crippen molar-refractivity contribution in [2.75, 3.05) is 5.32 Å². The second kappa shape index (κ2) is 4.23. The maximum atomic E-state index is 5.64. The highest BCUT2D eigenvalue weighted by Gasteiger charge is 2.40. The van der Waals surface area contributed by atoms with Crippen molar-refractivity contribution in [3.05, 3.63) is 5.89 Å². The van der Waals surface area contributed by atoms with Crippen LogP contribution in [0.5, 0.6) is 0 Å². The summed E-state index contributed by atoms with van der Waals surface area (Å²) in [5.41, 5.74) is 0. The maximum Gasteiger partial charge on any atom is 0.315 e. The van der Waals surface area contributed by atoms with E-state index in [0.29, 0.717) is 30.5 Å². The molecule has 1 heterocycles. The summed E-state index contributed by atoms with van der Waals surface area (Å²) in [6.45, 7) is 0.704. The van der Waals surface area contributed by atoms with E-state index in [2.05, 4.69) is 20.8 Å². The molecule has 3 aliphatic rings. The molecule has 3 saturated carbocycles. The van der Waals surface area contributed by atoms with Crippen molar-refractivity contribution in [1.82, 2.24) is 15.5 Å². The van der Waals surface area contributed by atoms with Gasteiger partial charge in [0, 0.05) is 12.1 Å². The molecule has 1 aromatic heterocycles. The Hall–Kier alpha value is -1.10. The molecule has 4 rings (SSSR count). The molecule has 2 bridgehead atoms. The lowest BCUT2D eigenvalue weighted by molar-refractivity contribution is 0.419. The zero-order valence-corrected chi connectivity index (χ0v) is 10.6. The molecule has 18 heavy (non-hydrogen) atoms. The van der Waals surface area contributed by atoms with Crippen LogP contribution in [0.4, 0.5) is 6.01 Å². The highest BCUT2D eigenvalue weighted by molar-refractivity contribution is 5.22. The second-order valence-corrected chi connectivity index (χ2v) is 6.08. The largest absolute Gasteiger partial charge is 0.407 e. The minimum atomic E-state index is 0.563. The third kappa shape index (κ3) is 2.11. The predicted octanol–water partition coefficient (Wildman–Crippen LogP) is 1.92. The minimum absolute atomic E-state index is 0.563. The van der Waals surface area contributed by atoms with Crippen LogP contribution >= 0.6 is 0 Å². The fraction of sp³-hybridized carbons (Fsp3) is 0.846. The fourth-order valence-electron chi connectivity index (χ4n) is 3.48. The average Bonchev–Trinajstić information content (AvgIpc) is 2.78. The molecule has 5 nitrogen and oxygen atoms in total. The van der Waals surface area contributed by atoms with E-state index in [4.69, 9.17) is 4.42 Å². The first-order valence-electron chi connectivity index (χ1n) is 7.19. The highest BCUT2D eigenvalue weighted by Crippen LogP contribution is 2.45. The Labute approximate surface area is 107 Å².